The molecule has 0 aliphatic heterocycles. The van der Waals surface area contributed by atoms with Crippen LogP contribution in [0.4, 0.5) is 5.95 Å². The highest BCUT2D eigenvalue weighted by Gasteiger charge is 2.10. The fraction of sp³-hybridized carbons (Fsp3) is 0.500. The molecule has 2 heterocycles. The second-order valence-corrected chi connectivity index (χ2v) is 2.86. The van der Waals surface area contributed by atoms with E-state index in [1.54, 1.807) is 11.7 Å². The number of tetrazole rings is 1. The van der Waals surface area contributed by atoms with Crippen molar-refractivity contribution in [2.75, 3.05) is 5.32 Å². The van der Waals surface area contributed by atoms with Gasteiger partial charge in [-0.1, -0.05) is 5.10 Å². The van der Waals surface area contributed by atoms with Crippen LogP contribution >= 0.6 is 0 Å². The second kappa shape index (κ2) is 3.40. The highest BCUT2D eigenvalue weighted by molar-refractivity contribution is 5.24. The van der Waals surface area contributed by atoms with Gasteiger partial charge in [0.2, 0.25) is 5.95 Å². The quantitative estimate of drug-likeness (QED) is 0.683. The summed E-state index contributed by atoms with van der Waals surface area (Å²) in [4.78, 5) is 4.02. The maximum absolute atomic E-state index is 4.02. The third-order valence-corrected chi connectivity index (χ3v) is 1.81. The molecule has 0 saturated carbocycles. The van der Waals surface area contributed by atoms with Crippen LogP contribution in [0.15, 0.2) is 6.33 Å². The highest BCUT2D eigenvalue weighted by Crippen LogP contribution is 2.10. The van der Waals surface area contributed by atoms with Gasteiger partial charge in [0, 0.05) is 7.05 Å². The van der Waals surface area contributed by atoms with Crippen molar-refractivity contribution in [3.63, 3.8) is 0 Å². The monoisotopic (exact) mass is 194 g/mol. The Morgan fingerprint density at radius 2 is 2.43 bits per heavy atom. The minimum atomic E-state index is -0.0119. The number of hydrogen-bond donors (Lipinski definition) is 2. The lowest BCUT2D eigenvalue weighted by Crippen LogP contribution is -2.12. The molecule has 0 aliphatic carbocycles. The number of H-pyrrole nitrogens is 1. The summed E-state index contributed by atoms with van der Waals surface area (Å²) < 4.78 is 1.55. The fourth-order valence-corrected chi connectivity index (χ4v) is 1.04. The summed E-state index contributed by atoms with van der Waals surface area (Å²) in [5.74, 6) is 1.34. The molecule has 0 aliphatic rings. The molecule has 2 rings (SSSR count). The van der Waals surface area contributed by atoms with Gasteiger partial charge in [0.05, 0.1) is 6.04 Å². The lowest BCUT2D eigenvalue weighted by Gasteiger charge is -2.09. The Labute approximate surface area is 79.7 Å². The van der Waals surface area contributed by atoms with Crippen LogP contribution < -0.4 is 5.32 Å². The molecule has 0 spiro atoms. The first-order chi connectivity index (χ1) is 6.77. The standard InChI is InChI=1S/C6H10N8/c1-4(5-7-3-8-10-5)9-6-11-12-13-14(6)2/h3-4H,1-2H3,(H,7,8,10)(H,9,11,13). The van der Waals surface area contributed by atoms with Crippen molar-refractivity contribution in [3.8, 4) is 0 Å². The van der Waals surface area contributed by atoms with E-state index in [0.29, 0.717) is 5.95 Å². The van der Waals surface area contributed by atoms with Crippen LogP contribution in [0.1, 0.15) is 18.8 Å². The molecule has 0 amide bonds. The maximum Gasteiger partial charge on any atom is 0.243 e. The molecule has 0 aromatic carbocycles. The first-order valence-electron chi connectivity index (χ1n) is 4.11. The van der Waals surface area contributed by atoms with Gasteiger partial charge in [-0.15, -0.1) is 0 Å². The largest absolute Gasteiger partial charge is 0.343 e. The topological polar surface area (TPSA) is 97.2 Å². The third-order valence-electron chi connectivity index (χ3n) is 1.81. The molecule has 0 fully saturated rings. The SMILES string of the molecule is CC(Nc1nnnn1C)c1ncn[nH]1. The van der Waals surface area contributed by atoms with Crippen molar-refractivity contribution in [3.05, 3.63) is 12.2 Å². The van der Waals surface area contributed by atoms with E-state index in [1.165, 1.54) is 6.33 Å². The Kier molecular flexibility index (Phi) is 2.09. The van der Waals surface area contributed by atoms with Crippen molar-refractivity contribution < 1.29 is 0 Å². The van der Waals surface area contributed by atoms with E-state index in [2.05, 4.69) is 36.0 Å². The van der Waals surface area contributed by atoms with E-state index in [1.807, 2.05) is 6.92 Å². The van der Waals surface area contributed by atoms with Gasteiger partial charge >= 0.3 is 0 Å². The third kappa shape index (κ3) is 1.53. The molecule has 1 unspecified atom stereocenters. The van der Waals surface area contributed by atoms with Gasteiger partial charge in [0.25, 0.3) is 0 Å². The maximum atomic E-state index is 4.02. The Hall–Kier alpha value is -1.99. The van der Waals surface area contributed by atoms with Crippen LogP contribution in [-0.4, -0.2) is 35.4 Å². The average Bonchev–Trinajstić information content (AvgIpc) is 2.77. The zero-order valence-corrected chi connectivity index (χ0v) is 7.84. The number of anilines is 1. The molecule has 2 aromatic rings. The van der Waals surface area contributed by atoms with Crippen LogP contribution in [0.5, 0.6) is 0 Å². The number of rotatable bonds is 3. The van der Waals surface area contributed by atoms with E-state index < -0.39 is 0 Å². The van der Waals surface area contributed by atoms with Crippen LogP contribution in [-0.2, 0) is 7.05 Å². The fourth-order valence-electron chi connectivity index (χ4n) is 1.04. The van der Waals surface area contributed by atoms with Gasteiger partial charge < -0.3 is 5.32 Å². The summed E-state index contributed by atoms with van der Waals surface area (Å²) in [7, 11) is 1.76. The van der Waals surface area contributed by atoms with Gasteiger partial charge in [0.1, 0.15) is 12.2 Å². The van der Waals surface area contributed by atoms with Crippen molar-refractivity contribution in [1.82, 2.24) is 35.4 Å². The summed E-state index contributed by atoms with van der Waals surface area (Å²) in [6.45, 7) is 1.94. The lowest BCUT2D eigenvalue weighted by atomic mass is 10.3. The Balaban J connectivity index is 2.09. The number of hydrogen-bond acceptors (Lipinski definition) is 6. The predicted molar refractivity (Wildman–Crippen MR) is 47.2 cm³/mol. The minimum Gasteiger partial charge on any atom is -0.343 e. The summed E-state index contributed by atoms with van der Waals surface area (Å²) in [6, 6.07) is -0.0119. The molecule has 2 aromatic heterocycles. The molecular weight excluding hydrogens is 184 g/mol. The summed E-state index contributed by atoms with van der Waals surface area (Å²) in [5.41, 5.74) is 0. The molecule has 74 valence electrons. The summed E-state index contributed by atoms with van der Waals surface area (Å²) >= 11 is 0. The van der Waals surface area contributed by atoms with Crippen molar-refractivity contribution in [1.29, 1.82) is 0 Å². The minimum absolute atomic E-state index is 0.0119. The normalized spacial score (nSPS) is 12.7. The predicted octanol–water partition coefficient (Wildman–Crippen LogP) is -0.499. The zero-order chi connectivity index (χ0) is 9.97. The molecule has 0 saturated heterocycles. The van der Waals surface area contributed by atoms with Gasteiger partial charge in [-0.25, -0.2) is 9.67 Å². The van der Waals surface area contributed by atoms with Gasteiger partial charge in [-0.2, -0.15) is 5.10 Å². The second-order valence-electron chi connectivity index (χ2n) is 2.86. The molecule has 2 N–H and O–H groups in total. The van der Waals surface area contributed by atoms with Crippen LogP contribution in [0.25, 0.3) is 0 Å². The number of aryl methyl sites for hydroxylation is 1. The van der Waals surface area contributed by atoms with Crippen molar-refractivity contribution in [2.24, 2.45) is 7.05 Å². The van der Waals surface area contributed by atoms with E-state index in [9.17, 15) is 0 Å². The van der Waals surface area contributed by atoms with E-state index in [0.717, 1.165) is 5.82 Å². The average molecular weight is 194 g/mol. The lowest BCUT2D eigenvalue weighted by molar-refractivity contribution is 0.700. The molecule has 14 heavy (non-hydrogen) atoms. The number of nitrogens with zero attached hydrogens (tertiary/aromatic N) is 6. The van der Waals surface area contributed by atoms with E-state index in [-0.39, 0.29) is 6.04 Å². The number of aromatic amines is 1. The van der Waals surface area contributed by atoms with E-state index in [4.69, 9.17) is 0 Å². The van der Waals surface area contributed by atoms with E-state index >= 15 is 0 Å². The molecule has 0 radical (unpaired) electrons. The van der Waals surface area contributed by atoms with Crippen molar-refractivity contribution >= 4 is 5.95 Å². The van der Waals surface area contributed by atoms with Gasteiger partial charge in [-0.3, -0.25) is 5.10 Å². The molecule has 8 nitrogen and oxygen atoms in total. The zero-order valence-electron chi connectivity index (χ0n) is 7.84. The van der Waals surface area contributed by atoms with Crippen LogP contribution in [0, 0.1) is 0 Å². The number of nitrogens with one attached hydrogen (secondary N) is 2. The molecule has 8 heteroatoms. The number of aromatic nitrogens is 7. The smallest absolute Gasteiger partial charge is 0.243 e. The molecule has 1 atom stereocenters. The van der Waals surface area contributed by atoms with Crippen LogP contribution in [0.2, 0.25) is 0 Å². The first kappa shape index (κ1) is 8.60. The summed E-state index contributed by atoms with van der Waals surface area (Å²) in [5, 5.41) is 20.6. The Morgan fingerprint density at radius 1 is 1.57 bits per heavy atom. The molecule has 0 bridgehead atoms. The Morgan fingerprint density at radius 3 is 3.00 bits per heavy atom. The highest BCUT2D eigenvalue weighted by atomic mass is 15.6. The first-order valence-corrected chi connectivity index (χ1v) is 4.11. The van der Waals surface area contributed by atoms with Crippen LogP contribution in [0.3, 0.4) is 0 Å². The van der Waals surface area contributed by atoms with Gasteiger partial charge in [-0.05, 0) is 17.4 Å². The van der Waals surface area contributed by atoms with Crippen molar-refractivity contribution in [2.45, 2.75) is 13.0 Å². The van der Waals surface area contributed by atoms with Gasteiger partial charge in [0.15, 0.2) is 0 Å². The Bertz CT molecular complexity index is 390. The summed E-state index contributed by atoms with van der Waals surface area (Å²) in [6.07, 6.45) is 1.46. The molecular formula is C6H10N8.